The summed E-state index contributed by atoms with van der Waals surface area (Å²) in [6.07, 6.45) is 4.11. The van der Waals surface area contributed by atoms with Crippen LogP contribution in [0.4, 0.5) is 4.39 Å². The first-order chi connectivity index (χ1) is 10.6. The van der Waals surface area contributed by atoms with E-state index in [1.807, 2.05) is 7.05 Å². The maximum atomic E-state index is 13.8. The lowest BCUT2D eigenvalue weighted by Crippen LogP contribution is -2.47. The third kappa shape index (κ3) is 4.27. The topological polar surface area (TPSA) is 43.8 Å². The smallest absolute Gasteiger partial charge is 0.240 e. The van der Waals surface area contributed by atoms with E-state index in [-0.39, 0.29) is 37.5 Å². The number of hydrogen-bond donors (Lipinski definition) is 1. The lowest BCUT2D eigenvalue weighted by molar-refractivity contribution is -0.137. The summed E-state index contributed by atoms with van der Waals surface area (Å²) in [6, 6.07) is 6.31. The number of aliphatic hydroxyl groups is 1. The van der Waals surface area contributed by atoms with Crippen LogP contribution in [0.25, 0.3) is 0 Å². The van der Waals surface area contributed by atoms with E-state index in [1.165, 1.54) is 6.07 Å². The van der Waals surface area contributed by atoms with E-state index in [0.29, 0.717) is 5.56 Å². The van der Waals surface area contributed by atoms with Crippen LogP contribution in [0.3, 0.4) is 0 Å². The molecule has 0 spiro atoms. The van der Waals surface area contributed by atoms with E-state index in [9.17, 15) is 14.3 Å². The monoisotopic (exact) mass is 308 g/mol. The van der Waals surface area contributed by atoms with Crippen molar-refractivity contribution in [2.75, 3.05) is 26.7 Å². The van der Waals surface area contributed by atoms with Gasteiger partial charge in [0.05, 0.1) is 12.6 Å². The number of halogens is 1. The molecule has 1 fully saturated rings. The van der Waals surface area contributed by atoms with E-state index in [1.54, 1.807) is 23.1 Å². The van der Waals surface area contributed by atoms with Gasteiger partial charge in [-0.15, -0.1) is 0 Å². The van der Waals surface area contributed by atoms with Crippen molar-refractivity contribution in [3.8, 4) is 0 Å². The summed E-state index contributed by atoms with van der Waals surface area (Å²) < 4.78 is 13.8. The Kier molecular flexibility index (Phi) is 6.34. The molecular formula is C17H25FN2O2. The van der Waals surface area contributed by atoms with E-state index in [0.717, 1.165) is 32.2 Å². The Morgan fingerprint density at radius 2 is 2.14 bits per heavy atom. The Balaban J connectivity index is 2.12. The quantitative estimate of drug-likeness (QED) is 0.905. The zero-order valence-electron chi connectivity index (χ0n) is 13.2. The highest BCUT2D eigenvalue weighted by molar-refractivity contribution is 5.82. The van der Waals surface area contributed by atoms with E-state index >= 15 is 0 Å². The van der Waals surface area contributed by atoms with Gasteiger partial charge in [-0.2, -0.15) is 0 Å². The van der Waals surface area contributed by atoms with Crippen molar-refractivity contribution >= 4 is 5.91 Å². The van der Waals surface area contributed by atoms with Crippen LogP contribution >= 0.6 is 0 Å². The van der Waals surface area contributed by atoms with Gasteiger partial charge in [0.15, 0.2) is 0 Å². The normalized spacial score (nSPS) is 19.7. The molecule has 0 bridgehead atoms. The van der Waals surface area contributed by atoms with Gasteiger partial charge >= 0.3 is 0 Å². The maximum absolute atomic E-state index is 13.8. The summed E-state index contributed by atoms with van der Waals surface area (Å²) in [5, 5.41) is 9.25. The molecule has 1 aromatic carbocycles. The maximum Gasteiger partial charge on any atom is 0.240 e. The van der Waals surface area contributed by atoms with Crippen LogP contribution in [0.2, 0.25) is 0 Å². The molecule has 1 saturated heterocycles. The largest absolute Gasteiger partial charge is 0.395 e. The number of rotatable bonds is 5. The molecule has 1 aromatic rings. The first kappa shape index (κ1) is 16.9. The first-order valence-electron chi connectivity index (χ1n) is 7.96. The molecule has 122 valence electrons. The summed E-state index contributed by atoms with van der Waals surface area (Å²) in [5.74, 6) is -0.325. The van der Waals surface area contributed by atoms with Crippen LogP contribution < -0.4 is 0 Å². The van der Waals surface area contributed by atoms with Gasteiger partial charge < -0.3 is 10.0 Å². The van der Waals surface area contributed by atoms with Gasteiger partial charge in [0.25, 0.3) is 0 Å². The standard InChI is InChI=1S/C17H25FN2O2/c1-19-10-6-2-3-9-16(19)17(22)20(11-12-21)13-14-7-4-5-8-15(14)18/h4-5,7-8,16,21H,2-3,6,9-13H2,1H3/t16-/m0/s1. The Morgan fingerprint density at radius 1 is 1.36 bits per heavy atom. The highest BCUT2D eigenvalue weighted by atomic mass is 19.1. The van der Waals surface area contributed by atoms with Gasteiger partial charge in [0.1, 0.15) is 5.82 Å². The van der Waals surface area contributed by atoms with Crippen molar-refractivity contribution in [3.63, 3.8) is 0 Å². The van der Waals surface area contributed by atoms with Gasteiger partial charge in [-0.1, -0.05) is 31.0 Å². The molecule has 0 radical (unpaired) electrons. The molecule has 0 unspecified atom stereocenters. The number of carbonyl (C=O) groups is 1. The van der Waals surface area contributed by atoms with Crippen molar-refractivity contribution in [2.24, 2.45) is 0 Å². The van der Waals surface area contributed by atoms with Crippen molar-refractivity contribution in [1.29, 1.82) is 0 Å². The lowest BCUT2D eigenvalue weighted by atomic mass is 10.1. The predicted molar refractivity (Wildman–Crippen MR) is 83.8 cm³/mol. The van der Waals surface area contributed by atoms with Gasteiger partial charge in [-0.05, 0) is 32.5 Å². The molecule has 1 aliphatic rings. The van der Waals surface area contributed by atoms with E-state index in [4.69, 9.17) is 0 Å². The number of aliphatic hydroxyl groups excluding tert-OH is 1. The Morgan fingerprint density at radius 3 is 2.86 bits per heavy atom. The SMILES string of the molecule is CN1CCCCC[C@H]1C(=O)N(CCO)Cc1ccccc1F. The molecule has 1 aliphatic heterocycles. The number of carbonyl (C=O) groups excluding carboxylic acids is 1. The van der Waals surface area contributed by atoms with Gasteiger partial charge in [-0.25, -0.2) is 4.39 Å². The van der Waals surface area contributed by atoms with E-state index < -0.39 is 0 Å². The van der Waals surface area contributed by atoms with Gasteiger partial charge in [-0.3, -0.25) is 9.69 Å². The Hall–Kier alpha value is -1.46. The molecule has 1 N–H and O–H groups in total. The summed E-state index contributed by atoms with van der Waals surface area (Å²) in [4.78, 5) is 16.5. The minimum atomic E-state index is -0.313. The molecule has 0 aromatic heterocycles. The van der Waals surface area contributed by atoms with Crippen LogP contribution in [-0.4, -0.2) is 53.6 Å². The number of likely N-dealkylation sites (N-methyl/N-ethyl adjacent to an activating group) is 1. The molecule has 2 rings (SSSR count). The van der Waals surface area contributed by atoms with Crippen molar-refractivity contribution in [3.05, 3.63) is 35.6 Å². The third-order valence-electron chi connectivity index (χ3n) is 4.31. The number of nitrogens with zero attached hydrogens (tertiary/aromatic N) is 2. The van der Waals surface area contributed by atoms with Crippen molar-refractivity contribution in [2.45, 2.75) is 38.3 Å². The minimum absolute atomic E-state index is 0.0123. The summed E-state index contributed by atoms with van der Waals surface area (Å²) in [5.41, 5.74) is 0.487. The van der Waals surface area contributed by atoms with E-state index in [2.05, 4.69) is 4.90 Å². The third-order valence-corrected chi connectivity index (χ3v) is 4.31. The average molecular weight is 308 g/mol. The first-order valence-corrected chi connectivity index (χ1v) is 7.96. The highest BCUT2D eigenvalue weighted by Gasteiger charge is 2.29. The van der Waals surface area contributed by atoms with Crippen LogP contribution in [0.15, 0.2) is 24.3 Å². The zero-order valence-corrected chi connectivity index (χ0v) is 13.2. The number of benzene rings is 1. The Labute approximate surface area is 131 Å². The molecule has 0 saturated carbocycles. The van der Waals surface area contributed by atoms with Gasteiger partial charge in [0.2, 0.25) is 5.91 Å². The Bertz CT molecular complexity index is 495. The van der Waals surface area contributed by atoms with Crippen LogP contribution in [-0.2, 0) is 11.3 Å². The fraction of sp³-hybridized carbons (Fsp3) is 0.588. The van der Waals surface area contributed by atoms with Crippen molar-refractivity contribution < 1.29 is 14.3 Å². The molecule has 4 nitrogen and oxygen atoms in total. The molecular weight excluding hydrogens is 283 g/mol. The second-order valence-electron chi connectivity index (χ2n) is 5.92. The van der Waals surface area contributed by atoms with Crippen molar-refractivity contribution in [1.82, 2.24) is 9.80 Å². The average Bonchev–Trinajstić information content (AvgIpc) is 2.73. The second kappa shape index (κ2) is 8.25. The molecule has 1 amide bonds. The number of likely N-dealkylation sites (tertiary alicyclic amines) is 1. The summed E-state index contributed by atoms with van der Waals surface area (Å²) >= 11 is 0. The second-order valence-corrected chi connectivity index (χ2v) is 5.92. The van der Waals surface area contributed by atoms with Crippen LogP contribution in [0.1, 0.15) is 31.2 Å². The summed E-state index contributed by atoms with van der Waals surface area (Å²) in [6.45, 7) is 1.23. The number of hydrogen-bond acceptors (Lipinski definition) is 3. The molecule has 5 heteroatoms. The molecule has 1 heterocycles. The zero-order chi connectivity index (χ0) is 15.9. The lowest BCUT2D eigenvalue weighted by Gasteiger charge is -2.31. The molecule has 22 heavy (non-hydrogen) atoms. The van der Waals surface area contributed by atoms with Crippen LogP contribution in [0.5, 0.6) is 0 Å². The van der Waals surface area contributed by atoms with Crippen LogP contribution in [0, 0.1) is 5.82 Å². The highest BCUT2D eigenvalue weighted by Crippen LogP contribution is 2.19. The van der Waals surface area contributed by atoms with Gasteiger partial charge in [0, 0.05) is 18.7 Å². The molecule has 1 atom stereocenters. The fourth-order valence-electron chi connectivity index (χ4n) is 2.99. The molecule has 0 aliphatic carbocycles. The summed E-state index contributed by atoms with van der Waals surface area (Å²) in [7, 11) is 1.97. The number of amides is 1. The minimum Gasteiger partial charge on any atom is -0.395 e. The predicted octanol–water partition coefficient (Wildman–Crippen LogP) is 2.02. The fourth-order valence-corrected chi connectivity index (χ4v) is 2.99.